The zero-order valence-corrected chi connectivity index (χ0v) is 16.2. The first kappa shape index (κ1) is 19.4. The SMILES string of the molecule is CCCC[Si](C)(CCCC)O[Si](C)(C)C.[Pt]. The van der Waals surface area contributed by atoms with Crippen molar-refractivity contribution in [2.24, 2.45) is 0 Å². The molecule has 0 aliphatic carbocycles. The van der Waals surface area contributed by atoms with Crippen LogP contribution in [0.5, 0.6) is 0 Å². The van der Waals surface area contributed by atoms with Gasteiger partial charge in [-0.15, -0.1) is 0 Å². The molecule has 16 heavy (non-hydrogen) atoms. The second-order valence-corrected chi connectivity index (χ2v) is 14.8. The van der Waals surface area contributed by atoms with Gasteiger partial charge in [-0.25, -0.2) is 0 Å². The van der Waals surface area contributed by atoms with Crippen LogP contribution in [0.1, 0.15) is 39.5 Å². The molecule has 0 aromatic carbocycles. The molecule has 0 bridgehead atoms. The van der Waals surface area contributed by atoms with Crippen LogP contribution in [-0.4, -0.2) is 16.6 Å². The molecule has 0 unspecified atom stereocenters. The van der Waals surface area contributed by atoms with E-state index in [0.717, 1.165) is 0 Å². The summed E-state index contributed by atoms with van der Waals surface area (Å²) in [5, 5.41) is 0. The monoisotopic (exact) mass is 441 g/mol. The van der Waals surface area contributed by atoms with Crippen LogP contribution in [0.15, 0.2) is 0 Å². The second kappa shape index (κ2) is 9.07. The Labute approximate surface area is 119 Å². The first-order valence-corrected chi connectivity index (χ1v) is 12.8. The molecular weight excluding hydrogens is 411 g/mol. The minimum Gasteiger partial charge on any atom is -0.456 e. The average molecular weight is 442 g/mol. The van der Waals surface area contributed by atoms with Gasteiger partial charge < -0.3 is 4.12 Å². The van der Waals surface area contributed by atoms with Crippen molar-refractivity contribution in [1.29, 1.82) is 0 Å². The molecule has 0 saturated carbocycles. The summed E-state index contributed by atoms with van der Waals surface area (Å²) in [6.45, 7) is 14.0. The second-order valence-electron chi connectivity index (χ2n) is 5.87. The third kappa shape index (κ3) is 10.2. The van der Waals surface area contributed by atoms with E-state index in [-0.39, 0.29) is 21.1 Å². The van der Waals surface area contributed by atoms with Crippen molar-refractivity contribution in [1.82, 2.24) is 0 Å². The Morgan fingerprint density at radius 3 is 1.44 bits per heavy atom. The Bertz CT molecular complexity index is 161. The van der Waals surface area contributed by atoms with Crippen LogP contribution >= 0.6 is 0 Å². The van der Waals surface area contributed by atoms with Crippen LogP contribution in [0, 0.1) is 0 Å². The number of hydrogen-bond donors (Lipinski definition) is 0. The first-order valence-electron chi connectivity index (χ1n) is 6.53. The Balaban J connectivity index is 0. The molecule has 1 nitrogen and oxygen atoms in total. The molecule has 0 aromatic heterocycles. The van der Waals surface area contributed by atoms with Crippen molar-refractivity contribution < 1.29 is 25.2 Å². The zero-order chi connectivity index (χ0) is 11.9. The summed E-state index contributed by atoms with van der Waals surface area (Å²) in [6, 6.07) is 2.74. The molecule has 0 spiro atoms. The molecule has 0 atom stereocenters. The van der Waals surface area contributed by atoms with Crippen molar-refractivity contribution >= 4 is 16.6 Å². The largest absolute Gasteiger partial charge is 0.456 e. The number of rotatable bonds is 8. The van der Waals surface area contributed by atoms with Gasteiger partial charge in [0.15, 0.2) is 16.6 Å². The Morgan fingerprint density at radius 1 is 0.812 bits per heavy atom. The van der Waals surface area contributed by atoms with Gasteiger partial charge in [-0.1, -0.05) is 39.5 Å². The molecule has 0 aromatic rings. The molecule has 0 saturated heterocycles. The molecular formula is C12H30OPtSi2. The summed E-state index contributed by atoms with van der Waals surface area (Å²) >= 11 is 0. The van der Waals surface area contributed by atoms with Gasteiger partial charge in [0.25, 0.3) is 0 Å². The van der Waals surface area contributed by atoms with E-state index in [1.54, 1.807) is 0 Å². The van der Waals surface area contributed by atoms with Gasteiger partial charge in [0, 0.05) is 21.1 Å². The van der Waals surface area contributed by atoms with Gasteiger partial charge in [0.1, 0.15) is 0 Å². The zero-order valence-electron chi connectivity index (χ0n) is 12.0. The minimum atomic E-state index is -1.37. The summed E-state index contributed by atoms with van der Waals surface area (Å²) in [5.74, 6) is 0. The van der Waals surface area contributed by atoms with Gasteiger partial charge in [0.2, 0.25) is 0 Å². The summed E-state index contributed by atoms with van der Waals surface area (Å²) < 4.78 is 6.51. The van der Waals surface area contributed by atoms with Crippen molar-refractivity contribution in [3.8, 4) is 0 Å². The normalized spacial score (nSPS) is 12.4. The van der Waals surface area contributed by atoms with E-state index in [4.69, 9.17) is 4.12 Å². The first-order chi connectivity index (χ1) is 6.83. The van der Waals surface area contributed by atoms with Crippen molar-refractivity contribution in [3.05, 3.63) is 0 Å². The van der Waals surface area contributed by atoms with Crippen molar-refractivity contribution in [2.45, 2.75) is 77.8 Å². The van der Waals surface area contributed by atoms with Crippen LogP contribution in [0.25, 0.3) is 0 Å². The van der Waals surface area contributed by atoms with E-state index in [9.17, 15) is 0 Å². The van der Waals surface area contributed by atoms with Crippen molar-refractivity contribution in [3.63, 3.8) is 0 Å². The van der Waals surface area contributed by atoms with E-state index in [1.165, 1.54) is 37.8 Å². The third-order valence-corrected chi connectivity index (χ3v) is 9.91. The van der Waals surface area contributed by atoms with Crippen LogP contribution in [-0.2, 0) is 25.2 Å². The molecule has 102 valence electrons. The fourth-order valence-electron chi connectivity index (χ4n) is 2.07. The van der Waals surface area contributed by atoms with E-state index in [0.29, 0.717) is 0 Å². The predicted octanol–water partition coefficient (Wildman–Crippen LogP) is 5.01. The molecule has 0 N–H and O–H groups in total. The quantitative estimate of drug-likeness (QED) is 0.481. The maximum absolute atomic E-state index is 6.51. The van der Waals surface area contributed by atoms with E-state index in [1.807, 2.05) is 0 Å². The number of unbranched alkanes of at least 4 members (excludes halogenated alkanes) is 2. The van der Waals surface area contributed by atoms with Gasteiger partial charge >= 0.3 is 0 Å². The van der Waals surface area contributed by atoms with Crippen LogP contribution < -0.4 is 0 Å². The smallest absolute Gasteiger partial charge is 0.176 e. The molecule has 0 rings (SSSR count). The molecule has 4 heteroatoms. The molecule has 0 aliphatic heterocycles. The van der Waals surface area contributed by atoms with Crippen LogP contribution in [0.2, 0.25) is 38.3 Å². The van der Waals surface area contributed by atoms with Crippen LogP contribution in [0.4, 0.5) is 0 Å². The number of hydrogen-bond acceptors (Lipinski definition) is 1. The summed E-state index contributed by atoms with van der Waals surface area (Å²) in [7, 11) is -2.70. The summed E-state index contributed by atoms with van der Waals surface area (Å²) in [6.07, 6.45) is 5.33. The van der Waals surface area contributed by atoms with Gasteiger partial charge in [-0.2, -0.15) is 0 Å². The van der Waals surface area contributed by atoms with Crippen LogP contribution in [0.3, 0.4) is 0 Å². The molecule has 0 fully saturated rings. The summed E-state index contributed by atoms with van der Waals surface area (Å²) in [4.78, 5) is 0. The van der Waals surface area contributed by atoms with E-state index in [2.05, 4.69) is 40.0 Å². The fraction of sp³-hybridized carbons (Fsp3) is 1.00. The van der Waals surface area contributed by atoms with Gasteiger partial charge in [-0.3, -0.25) is 0 Å². The average Bonchev–Trinajstić information content (AvgIpc) is 2.09. The minimum absolute atomic E-state index is 0. The third-order valence-electron chi connectivity index (χ3n) is 2.67. The van der Waals surface area contributed by atoms with Gasteiger partial charge in [0.05, 0.1) is 0 Å². The molecule has 0 aliphatic rings. The van der Waals surface area contributed by atoms with Gasteiger partial charge in [-0.05, 0) is 38.3 Å². The molecule has 0 heterocycles. The molecule has 0 radical (unpaired) electrons. The maximum atomic E-state index is 6.51. The predicted molar refractivity (Wildman–Crippen MR) is 75.5 cm³/mol. The Morgan fingerprint density at radius 2 is 1.19 bits per heavy atom. The Hall–Kier alpha value is 1.08. The molecule has 0 amide bonds. The topological polar surface area (TPSA) is 9.23 Å². The Kier molecular flexibility index (Phi) is 11.0. The van der Waals surface area contributed by atoms with E-state index < -0.39 is 16.6 Å². The standard InChI is InChI=1S/C12H30OSi2.Pt/c1-7-9-11-15(6,12-10-8-2)13-14(3,4)5;/h7-12H2,1-6H3;. The summed E-state index contributed by atoms with van der Waals surface area (Å²) in [5.41, 5.74) is 0. The van der Waals surface area contributed by atoms with Crippen molar-refractivity contribution in [2.75, 3.05) is 0 Å². The maximum Gasteiger partial charge on any atom is 0.176 e. The fourth-order valence-corrected chi connectivity index (χ4v) is 11.3. The van der Waals surface area contributed by atoms with E-state index >= 15 is 0 Å².